The Labute approximate surface area is 147 Å². The van der Waals surface area contributed by atoms with Crippen molar-refractivity contribution in [1.29, 1.82) is 0 Å². The Bertz CT molecular complexity index is 744. The van der Waals surface area contributed by atoms with Gasteiger partial charge in [-0.1, -0.05) is 18.2 Å². The Kier molecular flexibility index (Phi) is 4.84. The summed E-state index contributed by atoms with van der Waals surface area (Å²) < 4.78 is 0. The molecule has 1 aromatic rings. The second-order valence-corrected chi connectivity index (χ2v) is 6.54. The van der Waals surface area contributed by atoms with Crippen LogP contribution in [0.4, 0.5) is 5.69 Å². The zero-order chi connectivity index (χ0) is 17.9. The van der Waals surface area contributed by atoms with Crippen LogP contribution in [0.1, 0.15) is 38.2 Å². The van der Waals surface area contributed by atoms with Crippen LogP contribution in [0.15, 0.2) is 34.5 Å². The number of rotatable bonds is 7. The molecule has 1 unspecified atom stereocenters. The van der Waals surface area contributed by atoms with E-state index in [1.807, 2.05) is 24.3 Å². The molecule has 0 bridgehead atoms. The molecule has 1 N–H and O–H groups in total. The van der Waals surface area contributed by atoms with Crippen molar-refractivity contribution >= 4 is 17.5 Å². The highest BCUT2D eigenvalue weighted by Crippen LogP contribution is 2.37. The Balaban J connectivity index is 1.49. The van der Waals surface area contributed by atoms with Crippen LogP contribution in [-0.4, -0.2) is 30.1 Å². The summed E-state index contributed by atoms with van der Waals surface area (Å²) in [5.41, 5.74) is 1.64. The summed E-state index contributed by atoms with van der Waals surface area (Å²) in [6.45, 7) is 2.38. The molecule has 0 aromatic heterocycles. The van der Waals surface area contributed by atoms with E-state index in [1.165, 1.54) is 5.56 Å². The van der Waals surface area contributed by atoms with Crippen molar-refractivity contribution in [3.63, 3.8) is 0 Å². The molecule has 6 heteroatoms. The Morgan fingerprint density at radius 3 is 2.84 bits per heavy atom. The van der Waals surface area contributed by atoms with Gasteiger partial charge in [0.1, 0.15) is 6.04 Å². The summed E-state index contributed by atoms with van der Waals surface area (Å²) in [6, 6.07) is 7.31. The lowest BCUT2D eigenvalue weighted by Crippen LogP contribution is -2.46. The highest BCUT2D eigenvalue weighted by atomic mass is 16.2. The van der Waals surface area contributed by atoms with Gasteiger partial charge in [0.25, 0.3) is 0 Å². The van der Waals surface area contributed by atoms with Crippen LogP contribution >= 0.6 is 0 Å². The number of benzene rings is 1. The van der Waals surface area contributed by atoms with E-state index in [0.717, 1.165) is 12.1 Å². The topological polar surface area (TPSA) is 74.1 Å². The standard InChI is InChI=1S/C19H22N4O2/c1-3-4-11-19(21-22-19)12-9-17(24)20-14(2)18(25)23-13-10-15-7-5-6-8-16(15)23/h1,5-8,14H,4,9-13H2,2H3,(H,20,24). The number of nitrogens with one attached hydrogen (secondary N) is 1. The van der Waals surface area contributed by atoms with Gasteiger partial charge >= 0.3 is 0 Å². The minimum absolute atomic E-state index is 0.0823. The zero-order valence-corrected chi connectivity index (χ0v) is 14.4. The maximum absolute atomic E-state index is 12.7. The van der Waals surface area contributed by atoms with Gasteiger partial charge in [-0.25, -0.2) is 0 Å². The van der Waals surface area contributed by atoms with E-state index in [2.05, 4.69) is 21.5 Å². The Morgan fingerprint density at radius 1 is 1.36 bits per heavy atom. The number of amides is 2. The molecule has 2 aliphatic heterocycles. The number of anilines is 1. The van der Waals surface area contributed by atoms with Crippen molar-refractivity contribution in [3.05, 3.63) is 29.8 Å². The lowest BCUT2D eigenvalue weighted by atomic mass is 10.0. The van der Waals surface area contributed by atoms with E-state index >= 15 is 0 Å². The number of carbonyl (C=O) groups excluding carboxylic acids is 2. The van der Waals surface area contributed by atoms with Crippen LogP contribution in [0.25, 0.3) is 0 Å². The third-order valence-electron chi connectivity index (χ3n) is 4.71. The Hall–Kier alpha value is -2.68. The van der Waals surface area contributed by atoms with Crippen molar-refractivity contribution in [2.24, 2.45) is 10.2 Å². The van der Waals surface area contributed by atoms with Crippen LogP contribution < -0.4 is 10.2 Å². The summed E-state index contributed by atoms with van der Waals surface area (Å²) >= 11 is 0. The molecule has 2 aliphatic rings. The summed E-state index contributed by atoms with van der Waals surface area (Å²) in [6.07, 6.45) is 8.20. The second kappa shape index (κ2) is 7.06. The summed E-state index contributed by atoms with van der Waals surface area (Å²) in [5, 5.41) is 10.8. The number of carbonyl (C=O) groups is 2. The number of hydrogen-bond acceptors (Lipinski definition) is 4. The molecule has 0 spiro atoms. The van der Waals surface area contributed by atoms with Crippen molar-refractivity contribution in [2.45, 2.75) is 50.7 Å². The van der Waals surface area contributed by atoms with Gasteiger partial charge in [0.15, 0.2) is 5.66 Å². The molecule has 1 atom stereocenters. The molecule has 0 saturated carbocycles. The third-order valence-corrected chi connectivity index (χ3v) is 4.71. The Morgan fingerprint density at radius 2 is 2.12 bits per heavy atom. The fraction of sp³-hybridized carbons (Fsp3) is 0.474. The normalized spacial score (nSPS) is 17.5. The predicted octanol–water partition coefficient (Wildman–Crippen LogP) is 2.44. The van der Waals surface area contributed by atoms with E-state index in [1.54, 1.807) is 11.8 Å². The molecule has 6 nitrogen and oxygen atoms in total. The van der Waals surface area contributed by atoms with Gasteiger partial charge in [-0.15, -0.1) is 12.3 Å². The fourth-order valence-electron chi connectivity index (χ4n) is 3.16. The molecular formula is C19H22N4O2. The van der Waals surface area contributed by atoms with Crippen LogP contribution in [0.5, 0.6) is 0 Å². The first-order valence-electron chi connectivity index (χ1n) is 8.61. The first-order chi connectivity index (χ1) is 12.0. The largest absolute Gasteiger partial charge is 0.345 e. The maximum atomic E-state index is 12.7. The van der Waals surface area contributed by atoms with Crippen molar-refractivity contribution < 1.29 is 9.59 Å². The second-order valence-electron chi connectivity index (χ2n) is 6.54. The number of fused-ring (bicyclic) bond motifs is 1. The average molecular weight is 338 g/mol. The van der Waals surface area contributed by atoms with Gasteiger partial charge in [-0.3, -0.25) is 9.59 Å². The van der Waals surface area contributed by atoms with E-state index in [-0.39, 0.29) is 18.2 Å². The van der Waals surface area contributed by atoms with Crippen LogP contribution in [0.3, 0.4) is 0 Å². The van der Waals surface area contributed by atoms with E-state index in [4.69, 9.17) is 6.42 Å². The molecule has 0 radical (unpaired) electrons. The van der Waals surface area contributed by atoms with Crippen LogP contribution in [0, 0.1) is 12.3 Å². The highest BCUT2D eigenvalue weighted by molar-refractivity contribution is 6.00. The van der Waals surface area contributed by atoms with E-state index < -0.39 is 11.7 Å². The van der Waals surface area contributed by atoms with Crippen LogP contribution in [0.2, 0.25) is 0 Å². The van der Waals surface area contributed by atoms with Gasteiger partial charge in [0, 0.05) is 37.9 Å². The number of terminal acetylenes is 1. The highest BCUT2D eigenvalue weighted by Gasteiger charge is 2.39. The quantitative estimate of drug-likeness (QED) is 0.776. The predicted molar refractivity (Wildman–Crippen MR) is 95.0 cm³/mol. The third kappa shape index (κ3) is 3.87. The zero-order valence-electron chi connectivity index (χ0n) is 14.4. The summed E-state index contributed by atoms with van der Waals surface area (Å²) in [4.78, 5) is 26.6. The molecule has 25 heavy (non-hydrogen) atoms. The molecule has 2 amide bonds. The van der Waals surface area contributed by atoms with Crippen LogP contribution in [-0.2, 0) is 16.0 Å². The minimum atomic E-state index is -0.562. The molecule has 0 saturated heterocycles. The molecule has 1 aromatic carbocycles. The summed E-state index contributed by atoms with van der Waals surface area (Å²) in [7, 11) is 0. The molecule has 2 heterocycles. The molecular weight excluding hydrogens is 316 g/mol. The number of hydrogen-bond donors (Lipinski definition) is 1. The van der Waals surface area contributed by atoms with Crippen molar-refractivity contribution in [3.8, 4) is 12.3 Å². The maximum Gasteiger partial charge on any atom is 0.249 e. The van der Waals surface area contributed by atoms with E-state index in [9.17, 15) is 9.59 Å². The first-order valence-corrected chi connectivity index (χ1v) is 8.61. The van der Waals surface area contributed by atoms with Gasteiger partial charge < -0.3 is 10.2 Å². The summed E-state index contributed by atoms with van der Waals surface area (Å²) in [5.74, 6) is 2.32. The molecule has 0 aliphatic carbocycles. The van der Waals surface area contributed by atoms with E-state index in [0.29, 0.717) is 25.8 Å². The van der Waals surface area contributed by atoms with Crippen molar-refractivity contribution in [2.75, 3.05) is 11.4 Å². The smallest absolute Gasteiger partial charge is 0.249 e. The van der Waals surface area contributed by atoms with Gasteiger partial charge in [-0.2, -0.15) is 10.2 Å². The first kappa shape index (κ1) is 17.2. The van der Waals surface area contributed by atoms with Crippen molar-refractivity contribution in [1.82, 2.24) is 5.32 Å². The van der Waals surface area contributed by atoms with Gasteiger partial charge in [0.2, 0.25) is 11.8 Å². The van der Waals surface area contributed by atoms with Gasteiger partial charge in [-0.05, 0) is 25.0 Å². The SMILES string of the molecule is C#CCCC1(CCC(=O)NC(C)C(=O)N2CCc3ccccc32)N=N1. The number of para-hydroxylation sites is 1. The fourth-order valence-corrected chi connectivity index (χ4v) is 3.16. The lowest BCUT2D eigenvalue weighted by Gasteiger charge is -2.22. The lowest BCUT2D eigenvalue weighted by molar-refractivity contribution is -0.127. The van der Waals surface area contributed by atoms with Gasteiger partial charge in [0.05, 0.1) is 0 Å². The average Bonchev–Trinajstić information content (AvgIpc) is 3.27. The molecule has 130 valence electrons. The molecule has 3 rings (SSSR count). The monoisotopic (exact) mass is 338 g/mol. The number of nitrogens with zero attached hydrogens (tertiary/aromatic N) is 3. The molecule has 0 fully saturated rings. The minimum Gasteiger partial charge on any atom is -0.345 e.